The van der Waals surface area contributed by atoms with Gasteiger partial charge in [-0.1, -0.05) is 23.7 Å². The zero-order valence-corrected chi connectivity index (χ0v) is 8.77. The first kappa shape index (κ1) is 10.6. The highest BCUT2D eigenvalue weighted by Crippen LogP contribution is 2.11. The molecule has 0 N–H and O–H groups in total. The summed E-state index contributed by atoms with van der Waals surface area (Å²) in [6, 6.07) is 6.73. The fourth-order valence-corrected chi connectivity index (χ4v) is 1.33. The lowest BCUT2D eigenvalue weighted by molar-refractivity contribution is 0.617. The van der Waals surface area contributed by atoms with Gasteiger partial charge in [-0.2, -0.15) is 0 Å². The van der Waals surface area contributed by atoms with Crippen molar-refractivity contribution in [3.63, 3.8) is 0 Å². The molecule has 5 heteroatoms. The minimum atomic E-state index is -3.57. The van der Waals surface area contributed by atoms with Gasteiger partial charge in [-0.3, -0.25) is 0 Å². The molecule has 0 aliphatic carbocycles. The molecule has 0 aliphatic rings. The van der Waals surface area contributed by atoms with Crippen LogP contribution >= 0.6 is 22.3 Å². The standard InChI is InChI=1S/C8H6Cl2O2S/c9-8-3-1-7(2-4-8)5-6-13(10,11)12/h1-6H/b6-5+. The van der Waals surface area contributed by atoms with E-state index in [1.54, 1.807) is 24.3 Å². The second-order valence-corrected chi connectivity index (χ2v) is 5.28. The number of hydrogen-bond donors (Lipinski definition) is 0. The van der Waals surface area contributed by atoms with Crippen LogP contribution in [-0.4, -0.2) is 8.42 Å². The molecule has 0 spiro atoms. The van der Waals surface area contributed by atoms with E-state index >= 15 is 0 Å². The third-order valence-electron chi connectivity index (χ3n) is 1.29. The predicted molar refractivity (Wildman–Crippen MR) is 55.3 cm³/mol. The normalized spacial score (nSPS) is 12.2. The van der Waals surface area contributed by atoms with Crippen LogP contribution in [-0.2, 0) is 9.05 Å². The van der Waals surface area contributed by atoms with Gasteiger partial charge in [0.15, 0.2) is 0 Å². The van der Waals surface area contributed by atoms with Crippen LogP contribution in [0.4, 0.5) is 0 Å². The SMILES string of the molecule is O=S(=O)(Cl)/C=C/c1ccc(Cl)cc1. The average Bonchev–Trinajstić information content (AvgIpc) is 2.02. The summed E-state index contributed by atoms with van der Waals surface area (Å²) in [5.41, 5.74) is 0.730. The van der Waals surface area contributed by atoms with E-state index in [1.165, 1.54) is 6.08 Å². The summed E-state index contributed by atoms with van der Waals surface area (Å²) in [6.45, 7) is 0. The van der Waals surface area contributed by atoms with Gasteiger partial charge in [0.2, 0.25) is 0 Å². The molecule has 70 valence electrons. The Kier molecular flexibility index (Phi) is 3.36. The molecule has 1 aromatic rings. The Morgan fingerprint density at radius 1 is 1.15 bits per heavy atom. The summed E-state index contributed by atoms with van der Waals surface area (Å²) in [4.78, 5) is 0. The predicted octanol–water partition coefficient (Wildman–Crippen LogP) is 2.88. The highest BCUT2D eigenvalue weighted by Gasteiger charge is 1.96. The van der Waals surface area contributed by atoms with Crippen molar-refractivity contribution in [1.82, 2.24) is 0 Å². The Balaban J connectivity index is 2.88. The average molecular weight is 237 g/mol. The van der Waals surface area contributed by atoms with Crippen molar-refractivity contribution < 1.29 is 8.42 Å². The van der Waals surface area contributed by atoms with Crippen molar-refractivity contribution in [2.75, 3.05) is 0 Å². The molecule has 0 saturated heterocycles. The highest BCUT2D eigenvalue weighted by molar-refractivity contribution is 8.16. The third kappa shape index (κ3) is 4.31. The molecular weight excluding hydrogens is 231 g/mol. The minimum Gasteiger partial charge on any atom is -0.208 e. The fraction of sp³-hybridized carbons (Fsp3) is 0. The van der Waals surface area contributed by atoms with E-state index in [9.17, 15) is 8.42 Å². The Morgan fingerprint density at radius 2 is 1.69 bits per heavy atom. The van der Waals surface area contributed by atoms with E-state index in [-0.39, 0.29) is 0 Å². The molecule has 2 nitrogen and oxygen atoms in total. The van der Waals surface area contributed by atoms with Gasteiger partial charge >= 0.3 is 0 Å². The minimum absolute atomic E-state index is 0.603. The molecule has 0 radical (unpaired) electrons. The fourth-order valence-electron chi connectivity index (χ4n) is 0.734. The molecule has 1 rings (SSSR count). The molecule has 0 aliphatic heterocycles. The van der Waals surface area contributed by atoms with Crippen molar-refractivity contribution >= 4 is 37.4 Å². The van der Waals surface area contributed by atoms with E-state index < -0.39 is 9.05 Å². The molecule has 0 unspecified atom stereocenters. The largest absolute Gasteiger partial charge is 0.254 e. The van der Waals surface area contributed by atoms with E-state index in [4.69, 9.17) is 22.3 Å². The summed E-state index contributed by atoms with van der Waals surface area (Å²) < 4.78 is 21.0. The van der Waals surface area contributed by atoms with Crippen molar-refractivity contribution in [3.05, 3.63) is 40.3 Å². The molecule has 0 bridgehead atoms. The lowest BCUT2D eigenvalue weighted by atomic mass is 10.2. The van der Waals surface area contributed by atoms with Gasteiger partial charge in [0, 0.05) is 21.1 Å². The van der Waals surface area contributed by atoms with Crippen molar-refractivity contribution in [1.29, 1.82) is 0 Å². The first-order valence-corrected chi connectivity index (χ1v) is 6.11. The Morgan fingerprint density at radius 3 is 2.15 bits per heavy atom. The second-order valence-electron chi connectivity index (χ2n) is 2.33. The molecule has 0 atom stereocenters. The molecule has 0 amide bonds. The first-order chi connectivity index (χ1) is 5.97. The summed E-state index contributed by atoms with van der Waals surface area (Å²) in [6.07, 6.45) is 1.40. The summed E-state index contributed by atoms with van der Waals surface area (Å²) >= 11 is 5.63. The Hall–Kier alpha value is -0.510. The Bertz CT molecular complexity index is 406. The van der Waals surface area contributed by atoms with E-state index in [1.807, 2.05) is 0 Å². The molecule has 0 fully saturated rings. The van der Waals surface area contributed by atoms with Crippen molar-refractivity contribution in [3.8, 4) is 0 Å². The van der Waals surface area contributed by atoms with Crippen LogP contribution in [0, 0.1) is 0 Å². The van der Waals surface area contributed by atoms with Gasteiger partial charge in [-0.05, 0) is 23.8 Å². The highest BCUT2D eigenvalue weighted by atomic mass is 35.7. The monoisotopic (exact) mass is 236 g/mol. The maximum absolute atomic E-state index is 10.5. The number of benzene rings is 1. The zero-order chi connectivity index (χ0) is 9.90. The van der Waals surface area contributed by atoms with Crippen LogP contribution in [0.5, 0.6) is 0 Å². The lowest BCUT2D eigenvalue weighted by Gasteiger charge is -1.91. The van der Waals surface area contributed by atoms with E-state index in [0.717, 1.165) is 11.0 Å². The van der Waals surface area contributed by atoms with Gasteiger partial charge in [-0.15, -0.1) is 0 Å². The van der Waals surface area contributed by atoms with Gasteiger partial charge in [0.25, 0.3) is 9.05 Å². The molecule has 0 saturated carbocycles. The first-order valence-electron chi connectivity index (χ1n) is 3.36. The third-order valence-corrected chi connectivity index (χ3v) is 2.31. The number of halogens is 2. The smallest absolute Gasteiger partial charge is 0.208 e. The van der Waals surface area contributed by atoms with Crippen LogP contribution < -0.4 is 0 Å². The number of rotatable bonds is 2. The Labute approximate surface area is 86.2 Å². The maximum atomic E-state index is 10.5. The number of hydrogen-bond acceptors (Lipinski definition) is 2. The van der Waals surface area contributed by atoms with E-state index in [0.29, 0.717) is 5.02 Å². The van der Waals surface area contributed by atoms with Crippen LogP contribution in [0.25, 0.3) is 6.08 Å². The van der Waals surface area contributed by atoms with E-state index in [2.05, 4.69) is 0 Å². The zero-order valence-electron chi connectivity index (χ0n) is 6.44. The van der Waals surface area contributed by atoms with Gasteiger partial charge in [0.05, 0.1) is 0 Å². The van der Waals surface area contributed by atoms with Crippen LogP contribution in [0.15, 0.2) is 29.7 Å². The quantitative estimate of drug-likeness (QED) is 0.741. The van der Waals surface area contributed by atoms with Crippen LogP contribution in [0.1, 0.15) is 5.56 Å². The van der Waals surface area contributed by atoms with Crippen LogP contribution in [0.3, 0.4) is 0 Å². The van der Waals surface area contributed by atoms with Gasteiger partial charge < -0.3 is 0 Å². The lowest BCUT2D eigenvalue weighted by Crippen LogP contribution is -1.79. The molecule has 1 aromatic carbocycles. The summed E-state index contributed by atoms with van der Waals surface area (Å²) in [7, 11) is 1.40. The summed E-state index contributed by atoms with van der Waals surface area (Å²) in [5, 5.41) is 1.53. The van der Waals surface area contributed by atoms with Crippen molar-refractivity contribution in [2.45, 2.75) is 0 Å². The van der Waals surface area contributed by atoms with Gasteiger partial charge in [0.1, 0.15) is 0 Å². The molecular formula is C8H6Cl2O2S. The molecule has 0 heterocycles. The summed E-state index contributed by atoms with van der Waals surface area (Å²) in [5.74, 6) is 0. The molecule has 0 aromatic heterocycles. The second kappa shape index (κ2) is 4.13. The van der Waals surface area contributed by atoms with Crippen LogP contribution in [0.2, 0.25) is 5.02 Å². The van der Waals surface area contributed by atoms with Crippen molar-refractivity contribution in [2.24, 2.45) is 0 Å². The topological polar surface area (TPSA) is 34.1 Å². The molecule has 13 heavy (non-hydrogen) atoms. The maximum Gasteiger partial charge on any atom is 0.254 e. The van der Waals surface area contributed by atoms with Gasteiger partial charge in [-0.25, -0.2) is 8.42 Å².